The lowest BCUT2D eigenvalue weighted by Gasteiger charge is -2.47. The molecule has 0 amide bonds. The molecule has 0 aromatic heterocycles. The molecule has 3 heteroatoms. The summed E-state index contributed by atoms with van der Waals surface area (Å²) < 4.78 is 1.13. The zero-order valence-corrected chi connectivity index (χ0v) is 14.5. The zero-order chi connectivity index (χ0) is 15.1. The molecule has 3 rings (SSSR count). The van der Waals surface area contributed by atoms with E-state index >= 15 is 0 Å². The lowest BCUT2D eigenvalue weighted by molar-refractivity contribution is -0.0898. The number of fused-ring (bicyclic) bond motifs is 1. The van der Waals surface area contributed by atoms with Gasteiger partial charge < -0.3 is 10.8 Å². The third-order valence-electron chi connectivity index (χ3n) is 6.12. The molecule has 1 aromatic rings. The Hall–Kier alpha value is -0.380. The van der Waals surface area contributed by atoms with Crippen molar-refractivity contribution in [3.8, 4) is 0 Å². The summed E-state index contributed by atoms with van der Waals surface area (Å²) in [5.41, 5.74) is 8.17. The SMILES string of the molecule is CCC1CCC(CN)(C2(O)CCc3cc(Br)ccc3C2)C1. The van der Waals surface area contributed by atoms with Crippen molar-refractivity contribution in [1.29, 1.82) is 0 Å². The van der Waals surface area contributed by atoms with E-state index in [4.69, 9.17) is 5.73 Å². The topological polar surface area (TPSA) is 46.2 Å². The summed E-state index contributed by atoms with van der Waals surface area (Å²) in [6, 6.07) is 6.46. The summed E-state index contributed by atoms with van der Waals surface area (Å²) in [5.74, 6) is 0.740. The molecular weight excluding hydrogens is 326 g/mol. The molecule has 2 nitrogen and oxygen atoms in total. The first kappa shape index (κ1) is 15.5. The molecule has 0 spiro atoms. The van der Waals surface area contributed by atoms with Crippen LogP contribution in [0.3, 0.4) is 0 Å². The predicted molar refractivity (Wildman–Crippen MR) is 90.2 cm³/mol. The molecular formula is C18H26BrNO. The maximum absolute atomic E-state index is 11.5. The average molecular weight is 352 g/mol. The molecule has 116 valence electrons. The summed E-state index contributed by atoms with van der Waals surface area (Å²) in [6.45, 7) is 2.88. The molecule has 1 aromatic carbocycles. The minimum Gasteiger partial charge on any atom is -0.389 e. The number of hydrogen-bond acceptors (Lipinski definition) is 2. The highest BCUT2D eigenvalue weighted by Gasteiger charge is 2.53. The van der Waals surface area contributed by atoms with Crippen LogP contribution in [0.4, 0.5) is 0 Å². The van der Waals surface area contributed by atoms with Gasteiger partial charge in [0.1, 0.15) is 0 Å². The first-order chi connectivity index (χ1) is 10.0. The van der Waals surface area contributed by atoms with E-state index in [0.717, 1.165) is 42.5 Å². The fourth-order valence-corrected chi connectivity index (χ4v) is 4.99. The maximum Gasteiger partial charge on any atom is 0.0759 e. The van der Waals surface area contributed by atoms with Gasteiger partial charge in [-0.1, -0.05) is 35.3 Å². The van der Waals surface area contributed by atoms with E-state index in [2.05, 4.69) is 41.1 Å². The van der Waals surface area contributed by atoms with Crippen LogP contribution in [0.2, 0.25) is 0 Å². The van der Waals surface area contributed by atoms with E-state index < -0.39 is 5.60 Å². The Labute approximate surface area is 136 Å². The van der Waals surface area contributed by atoms with E-state index in [9.17, 15) is 5.11 Å². The van der Waals surface area contributed by atoms with Crippen LogP contribution in [0.1, 0.15) is 50.2 Å². The van der Waals surface area contributed by atoms with Gasteiger partial charge in [-0.15, -0.1) is 0 Å². The number of aryl methyl sites for hydroxylation is 1. The Bertz CT molecular complexity index is 532. The fourth-order valence-electron chi connectivity index (χ4n) is 4.58. The van der Waals surface area contributed by atoms with Crippen LogP contribution < -0.4 is 5.73 Å². The Kier molecular flexibility index (Phi) is 4.19. The fraction of sp³-hybridized carbons (Fsp3) is 0.667. The third kappa shape index (κ3) is 2.58. The van der Waals surface area contributed by atoms with E-state index in [1.165, 1.54) is 24.0 Å². The molecule has 0 radical (unpaired) electrons. The quantitative estimate of drug-likeness (QED) is 0.869. The second-order valence-corrected chi connectivity index (χ2v) is 8.04. The molecule has 2 aliphatic carbocycles. The van der Waals surface area contributed by atoms with Crippen LogP contribution >= 0.6 is 15.9 Å². The van der Waals surface area contributed by atoms with E-state index in [1.54, 1.807) is 0 Å². The van der Waals surface area contributed by atoms with Crippen molar-refractivity contribution < 1.29 is 5.11 Å². The smallest absolute Gasteiger partial charge is 0.0759 e. The van der Waals surface area contributed by atoms with Gasteiger partial charge in [0.25, 0.3) is 0 Å². The summed E-state index contributed by atoms with van der Waals surface area (Å²) in [7, 11) is 0. The van der Waals surface area contributed by atoms with Crippen LogP contribution in [-0.4, -0.2) is 17.3 Å². The van der Waals surface area contributed by atoms with Crippen LogP contribution in [0, 0.1) is 11.3 Å². The Morgan fingerprint density at radius 1 is 1.33 bits per heavy atom. The molecule has 1 saturated carbocycles. The van der Waals surface area contributed by atoms with Gasteiger partial charge in [0, 0.05) is 22.9 Å². The van der Waals surface area contributed by atoms with Crippen molar-refractivity contribution >= 4 is 15.9 Å². The van der Waals surface area contributed by atoms with Gasteiger partial charge in [-0.25, -0.2) is 0 Å². The summed E-state index contributed by atoms with van der Waals surface area (Å²) in [6.07, 6.45) is 7.20. The third-order valence-corrected chi connectivity index (χ3v) is 6.62. The van der Waals surface area contributed by atoms with Gasteiger partial charge >= 0.3 is 0 Å². The van der Waals surface area contributed by atoms with Gasteiger partial charge in [0.15, 0.2) is 0 Å². The van der Waals surface area contributed by atoms with Crippen LogP contribution in [0.5, 0.6) is 0 Å². The highest BCUT2D eigenvalue weighted by Crippen LogP contribution is 2.53. The Morgan fingerprint density at radius 3 is 2.81 bits per heavy atom. The molecule has 0 aliphatic heterocycles. The Morgan fingerprint density at radius 2 is 2.14 bits per heavy atom. The standard InChI is InChI=1S/C18H26BrNO/c1-2-13-5-7-17(10-13,12-20)18(21)8-6-14-9-16(19)4-3-15(14)11-18/h3-4,9,13,21H,2,5-8,10-12,20H2,1H3. The lowest BCUT2D eigenvalue weighted by Crippen LogP contribution is -2.54. The predicted octanol–water partition coefficient (Wildman–Crippen LogP) is 3.82. The largest absolute Gasteiger partial charge is 0.389 e. The molecule has 3 N–H and O–H groups in total. The monoisotopic (exact) mass is 351 g/mol. The van der Waals surface area contributed by atoms with Crippen molar-refractivity contribution in [2.45, 2.75) is 57.5 Å². The molecule has 3 atom stereocenters. The number of rotatable bonds is 3. The van der Waals surface area contributed by atoms with Gasteiger partial charge in [0.2, 0.25) is 0 Å². The molecule has 0 saturated heterocycles. The lowest BCUT2D eigenvalue weighted by atomic mass is 9.62. The second-order valence-electron chi connectivity index (χ2n) is 7.12. The van der Waals surface area contributed by atoms with Gasteiger partial charge in [-0.2, -0.15) is 0 Å². The van der Waals surface area contributed by atoms with E-state index in [-0.39, 0.29) is 5.41 Å². The molecule has 1 fully saturated rings. The minimum absolute atomic E-state index is 0.0710. The summed E-state index contributed by atoms with van der Waals surface area (Å²) in [5, 5.41) is 11.5. The zero-order valence-electron chi connectivity index (χ0n) is 12.9. The normalized spacial score (nSPS) is 35.7. The van der Waals surface area contributed by atoms with Crippen LogP contribution in [0.15, 0.2) is 22.7 Å². The first-order valence-corrected chi connectivity index (χ1v) is 9.01. The number of aliphatic hydroxyl groups is 1. The maximum atomic E-state index is 11.5. The van der Waals surface area contributed by atoms with Crippen molar-refractivity contribution in [2.24, 2.45) is 17.1 Å². The highest BCUT2D eigenvalue weighted by atomic mass is 79.9. The number of halogens is 1. The van der Waals surface area contributed by atoms with Crippen molar-refractivity contribution in [1.82, 2.24) is 0 Å². The first-order valence-electron chi connectivity index (χ1n) is 8.22. The molecule has 3 unspecified atom stereocenters. The van der Waals surface area contributed by atoms with Crippen molar-refractivity contribution in [3.05, 3.63) is 33.8 Å². The summed E-state index contributed by atoms with van der Waals surface area (Å²) in [4.78, 5) is 0. The second kappa shape index (κ2) is 5.68. The summed E-state index contributed by atoms with van der Waals surface area (Å²) >= 11 is 3.54. The average Bonchev–Trinajstić information content (AvgIpc) is 2.93. The number of benzene rings is 1. The van der Waals surface area contributed by atoms with E-state index in [1.807, 2.05) is 0 Å². The molecule has 0 bridgehead atoms. The number of hydrogen-bond donors (Lipinski definition) is 2. The van der Waals surface area contributed by atoms with Crippen molar-refractivity contribution in [3.63, 3.8) is 0 Å². The van der Waals surface area contributed by atoms with E-state index in [0.29, 0.717) is 6.54 Å². The molecule has 0 heterocycles. The number of nitrogens with two attached hydrogens (primary N) is 1. The van der Waals surface area contributed by atoms with Gasteiger partial charge in [-0.05, 0) is 61.3 Å². The van der Waals surface area contributed by atoms with Gasteiger partial charge in [0.05, 0.1) is 5.60 Å². The Balaban J connectivity index is 1.89. The van der Waals surface area contributed by atoms with Crippen LogP contribution in [-0.2, 0) is 12.8 Å². The minimum atomic E-state index is -0.619. The highest BCUT2D eigenvalue weighted by molar-refractivity contribution is 9.10. The van der Waals surface area contributed by atoms with Crippen molar-refractivity contribution in [2.75, 3.05) is 6.54 Å². The molecule has 21 heavy (non-hydrogen) atoms. The van der Waals surface area contributed by atoms with Gasteiger partial charge in [-0.3, -0.25) is 0 Å². The van der Waals surface area contributed by atoms with Crippen LogP contribution in [0.25, 0.3) is 0 Å². The molecule has 2 aliphatic rings.